The van der Waals surface area contributed by atoms with E-state index < -0.39 is 0 Å². The summed E-state index contributed by atoms with van der Waals surface area (Å²) < 4.78 is 0.784. The van der Waals surface area contributed by atoms with Crippen molar-refractivity contribution in [1.82, 2.24) is 0 Å². The van der Waals surface area contributed by atoms with Crippen molar-refractivity contribution in [3.63, 3.8) is 0 Å². The van der Waals surface area contributed by atoms with Crippen LogP contribution in [0.3, 0.4) is 0 Å². The predicted molar refractivity (Wildman–Crippen MR) is 97.3 cm³/mol. The molecule has 0 saturated carbocycles. The SMILES string of the molecule is CC1CCc2c(sc(NC(=O)c3cc(Br)ccc3Cl)c2C#N)C1. The Hall–Kier alpha value is -1.35. The molecular weight excluding hydrogens is 396 g/mol. The van der Waals surface area contributed by atoms with Gasteiger partial charge in [0.1, 0.15) is 11.1 Å². The highest BCUT2D eigenvalue weighted by molar-refractivity contribution is 9.10. The second-order valence-corrected chi connectivity index (χ2v) is 8.17. The summed E-state index contributed by atoms with van der Waals surface area (Å²) in [7, 11) is 0. The van der Waals surface area contributed by atoms with E-state index in [1.54, 1.807) is 18.2 Å². The van der Waals surface area contributed by atoms with E-state index in [1.165, 1.54) is 16.2 Å². The molecule has 0 radical (unpaired) electrons. The first-order valence-corrected chi connectivity index (χ1v) is 9.29. The molecule has 1 aromatic carbocycles. The Morgan fingerprint density at radius 1 is 1.52 bits per heavy atom. The fourth-order valence-electron chi connectivity index (χ4n) is 2.80. The van der Waals surface area contributed by atoms with Crippen LogP contribution in [0.25, 0.3) is 0 Å². The van der Waals surface area contributed by atoms with Gasteiger partial charge in [0.25, 0.3) is 5.91 Å². The van der Waals surface area contributed by atoms with Crippen LogP contribution in [0.4, 0.5) is 5.00 Å². The van der Waals surface area contributed by atoms with Gasteiger partial charge in [-0.3, -0.25) is 4.79 Å². The fourth-order valence-corrected chi connectivity index (χ4v) is 4.72. The summed E-state index contributed by atoms with van der Waals surface area (Å²) >= 11 is 11.0. The van der Waals surface area contributed by atoms with Gasteiger partial charge in [-0.15, -0.1) is 11.3 Å². The lowest BCUT2D eigenvalue weighted by Crippen LogP contribution is -2.12. The first-order chi connectivity index (χ1) is 11.0. The van der Waals surface area contributed by atoms with Crippen molar-refractivity contribution >= 4 is 49.8 Å². The molecule has 23 heavy (non-hydrogen) atoms. The normalized spacial score (nSPS) is 16.5. The first kappa shape index (κ1) is 16.5. The van der Waals surface area contributed by atoms with Gasteiger partial charge in [0.15, 0.2) is 0 Å². The number of rotatable bonds is 2. The van der Waals surface area contributed by atoms with Crippen molar-refractivity contribution < 1.29 is 4.79 Å². The van der Waals surface area contributed by atoms with E-state index in [2.05, 4.69) is 34.2 Å². The number of nitriles is 1. The minimum atomic E-state index is -0.292. The van der Waals surface area contributed by atoms with Crippen molar-refractivity contribution in [2.75, 3.05) is 5.32 Å². The smallest absolute Gasteiger partial charge is 0.257 e. The molecule has 3 rings (SSSR count). The largest absolute Gasteiger partial charge is 0.312 e. The number of nitrogens with zero attached hydrogens (tertiary/aromatic N) is 1. The third kappa shape index (κ3) is 3.30. The van der Waals surface area contributed by atoms with Gasteiger partial charge in [-0.2, -0.15) is 5.26 Å². The number of halogens is 2. The maximum atomic E-state index is 12.5. The lowest BCUT2D eigenvalue weighted by molar-refractivity contribution is 0.102. The zero-order valence-electron chi connectivity index (χ0n) is 12.5. The van der Waals surface area contributed by atoms with Gasteiger partial charge in [-0.05, 0) is 48.9 Å². The number of anilines is 1. The van der Waals surface area contributed by atoms with Crippen LogP contribution in [0.1, 0.15) is 39.7 Å². The summed E-state index contributed by atoms with van der Waals surface area (Å²) in [5, 5.41) is 13.4. The lowest BCUT2D eigenvalue weighted by atomic mass is 9.88. The second kappa shape index (κ2) is 6.64. The van der Waals surface area contributed by atoms with E-state index in [0.717, 1.165) is 29.3 Å². The summed E-state index contributed by atoms with van der Waals surface area (Å²) in [5.41, 5.74) is 2.10. The highest BCUT2D eigenvalue weighted by Crippen LogP contribution is 2.39. The number of nitrogens with one attached hydrogen (secondary N) is 1. The topological polar surface area (TPSA) is 52.9 Å². The Morgan fingerprint density at radius 2 is 2.30 bits per heavy atom. The van der Waals surface area contributed by atoms with Crippen molar-refractivity contribution in [3.8, 4) is 6.07 Å². The Kier molecular flexibility index (Phi) is 4.77. The molecule has 118 valence electrons. The average Bonchev–Trinajstić information content (AvgIpc) is 2.85. The number of carbonyl (C=O) groups is 1. The molecule has 1 amide bonds. The molecule has 0 aliphatic heterocycles. The van der Waals surface area contributed by atoms with Crippen LogP contribution in [0.5, 0.6) is 0 Å². The van der Waals surface area contributed by atoms with E-state index in [9.17, 15) is 10.1 Å². The van der Waals surface area contributed by atoms with E-state index in [1.807, 2.05) is 0 Å². The summed E-state index contributed by atoms with van der Waals surface area (Å²) in [6, 6.07) is 7.39. The van der Waals surface area contributed by atoms with Crippen LogP contribution in [0, 0.1) is 17.2 Å². The van der Waals surface area contributed by atoms with Crippen molar-refractivity contribution in [3.05, 3.63) is 49.3 Å². The van der Waals surface area contributed by atoms with Crippen molar-refractivity contribution in [2.45, 2.75) is 26.2 Å². The minimum Gasteiger partial charge on any atom is -0.312 e. The Labute approximate surface area is 152 Å². The molecule has 0 spiro atoms. The highest BCUT2D eigenvalue weighted by atomic mass is 79.9. The maximum absolute atomic E-state index is 12.5. The van der Waals surface area contributed by atoms with Crippen LogP contribution >= 0.6 is 38.9 Å². The van der Waals surface area contributed by atoms with Gasteiger partial charge < -0.3 is 5.32 Å². The summed E-state index contributed by atoms with van der Waals surface area (Å²) in [6.45, 7) is 2.22. The zero-order chi connectivity index (χ0) is 16.6. The zero-order valence-corrected chi connectivity index (χ0v) is 15.6. The molecule has 0 bridgehead atoms. The number of hydrogen-bond donors (Lipinski definition) is 1. The first-order valence-electron chi connectivity index (χ1n) is 7.30. The van der Waals surface area contributed by atoms with Gasteiger partial charge in [0.2, 0.25) is 0 Å². The van der Waals surface area contributed by atoms with Gasteiger partial charge in [-0.1, -0.05) is 34.5 Å². The molecule has 1 atom stereocenters. The highest BCUT2D eigenvalue weighted by Gasteiger charge is 2.25. The van der Waals surface area contributed by atoms with Crippen molar-refractivity contribution in [1.29, 1.82) is 5.26 Å². The monoisotopic (exact) mass is 408 g/mol. The molecule has 6 heteroatoms. The van der Waals surface area contributed by atoms with Crippen LogP contribution in [-0.2, 0) is 12.8 Å². The third-order valence-electron chi connectivity index (χ3n) is 4.02. The molecule has 1 heterocycles. The Morgan fingerprint density at radius 3 is 3.04 bits per heavy atom. The Bertz CT molecular complexity index is 825. The molecule has 2 aromatic rings. The molecular formula is C17H14BrClN2OS. The number of hydrogen-bond acceptors (Lipinski definition) is 3. The van der Waals surface area contributed by atoms with Crippen LogP contribution in [0.15, 0.2) is 22.7 Å². The number of amides is 1. The molecule has 3 nitrogen and oxygen atoms in total. The fraction of sp³-hybridized carbons (Fsp3) is 0.294. The standard InChI is InChI=1S/C17H14BrClN2OS/c1-9-2-4-11-13(8-20)17(23-15(11)6-9)21-16(22)12-7-10(18)3-5-14(12)19/h3,5,7,9H,2,4,6H2,1H3,(H,21,22). The molecule has 1 unspecified atom stereocenters. The van der Waals surface area contributed by atoms with Gasteiger partial charge in [-0.25, -0.2) is 0 Å². The maximum Gasteiger partial charge on any atom is 0.257 e. The molecule has 1 aliphatic rings. The molecule has 1 N–H and O–H groups in total. The van der Waals surface area contributed by atoms with E-state index in [0.29, 0.717) is 27.1 Å². The Balaban J connectivity index is 1.93. The average molecular weight is 410 g/mol. The second-order valence-electron chi connectivity index (χ2n) is 5.75. The van der Waals surface area contributed by atoms with Crippen LogP contribution in [0.2, 0.25) is 5.02 Å². The van der Waals surface area contributed by atoms with E-state index in [-0.39, 0.29) is 5.91 Å². The number of carbonyl (C=O) groups excluding carboxylic acids is 1. The van der Waals surface area contributed by atoms with Crippen LogP contribution in [-0.4, -0.2) is 5.91 Å². The summed E-state index contributed by atoms with van der Waals surface area (Å²) in [6.07, 6.45) is 2.97. The molecule has 1 aromatic heterocycles. The number of thiophene rings is 1. The minimum absolute atomic E-state index is 0.292. The van der Waals surface area contributed by atoms with Crippen LogP contribution < -0.4 is 5.32 Å². The van der Waals surface area contributed by atoms with Gasteiger partial charge in [0.05, 0.1) is 16.1 Å². The van der Waals surface area contributed by atoms with Gasteiger partial charge in [0, 0.05) is 9.35 Å². The third-order valence-corrected chi connectivity index (χ3v) is 6.02. The van der Waals surface area contributed by atoms with E-state index in [4.69, 9.17) is 11.6 Å². The lowest BCUT2D eigenvalue weighted by Gasteiger charge is -2.17. The van der Waals surface area contributed by atoms with Crippen molar-refractivity contribution in [2.24, 2.45) is 5.92 Å². The van der Waals surface area contributed by atoms with E-state index >= 15 is 0 Å². The number of benzene rings is 1. The molecule has 0 saturated heterocycles. The number of fused-ring (bicyclic) bond motifs is 1. The molecule has 1 aliphatic carbocycles. The summed E-state index contributed by atoms with van der Waals surface area (Å²) in [5.74, 6) is 0.329. The predicted octanol–water partition coefficient (Wildman–Crippen LogP) is 5.41. The molecule has 0 fully saturated rings. The quantitative estimate of drug-likeness (QED) is 0.720. The summed E-state index contributed by atoms with van der Waals surface area (Å²) in [4.78, 5) is 13.7. The van der Waals surface area contributed by atoms with Gasteiger partial charge >= 0.3 is 0 Å².